The molecule has 1 saturated heterocycles. The highest BCUT2D eigenvalue weighted by atomic mass is 16.2. The van der Waals surface area contributed by atoms with E-state index in [9.17, 15) is 9.59 Å². The molecule has 1 atom stereocenters. The van der Waals surface area contributed by atoms with Gasteiger partial charge in [-0.25, -0.2) is 0 Å². The van der Waals surface area contributed by atoms with Crippen molar-refractivity contribution in [2.45, 2.75) is 12.8 Å². The molecule has 1 aliphatic heterocycles. The number of rotatable bonds is 3. The summed E-state index contributed by atoms with van der Waals surface area (Å²) in [6.45, 7) is 0.338. The quantitative estimate of drug-likeness (QED) is 0.461. The number of hydrogen-bond acceptors (Lipinski definition) is 3. The van der Waals surface area contributed by atoms with Crippen LogP contribution < -0.4 is 5.32 Å². The predicted molar refractivity (Wildman–Crippen MR) is 47.3 cm³/mol. The van der Waals surface area contributed by atoms with Crippen molar-refractivity contribution in [1.82, 2.24) is 5.32 Å². The Balaban J connectivity index is 2.54. The summed E-state index contributed by atoms with van der Waals surface area (Å²) in [5, 5.41) is 9.83. The zero-order valence-electron chi connectivity index (χ0n) is 7.09. The summed E-state index contributed by atoms with van der Waals surface area (Å²) < 4.78 is 0. The SMILES string of the molecule is C#CCC(=N)C(=O)C1CNC(=O)C1. The van der Waals surface area contributed by atoms with Crippen molar-refractivity contribution in [1.29, 1.82) is 5.41 Å². The van der Waals surface area contributed by atoms with Gasteiger partial charge in [0.2, 0.25) is 5.91 Å². The van der Waals surface area contributed by atoms with Crippen LogP contribution >= 0.6 is 0 Å². The van der Waals surface area contributed by atoms with E-state index in [2.05, 4.69) is 11.2 Å². The second-order valence-electron chi connectivity index (χ2n) is 2.93. The van der Waals surface area contributed by atoms with Gasteiger partial charge in [0.05, 0.1) is 12.1 Å². The molecule has 0 aromatic heterocycles. The number of hydrogen-bond donors (Lipinski definition) is 2. The average molecular weight is 178 g/mol. The fourth-order valence-electron chi connectivity index (χ4n) is 1.23. The van der Waals surface area contributed by atoms with E-state index in [4.69, 9.17) is 11.8 Å². The summed E-state index contributed by atoms with van der Waals surface area (Å²) in [6, 6.07) is 0. The van der Waals surface area contributed by atoms with Crippen LogP contribution in [0.3, 0.4) is 0 Å². The molecule has 0 aromatic rings. The number of Topliss-reactive ketones (excluding diaryl/α,β-unsaturated/α-hetero) is 1. The average Bonchev–Trinajstić information content (AvgIpc) is 2.51. The molecule has 0 aromatic carbocycles. The van der Waals surface area contributed by atoms with Crippen LogP contribution in [0.4, 0.5) is 0 Å². The zero-order chi connectivity index (χ0) is 9.84. The van der Waals surface area contributed by atoms with Gasteiger partial charge in [-0.1, -0.05) is 0 Å². The van der Waals surface area contributed by atoms with Gasteiger partial charge in [-0.15, -0.1) is 12.3 Å². The molecule has 0 saturated carbocycles. The maximum Gasteiger partial charge on any atom is 0.220 e. The van der Waals surface area contributed by atoms with Crippen LogP contribution in [-0.2, 0) is 9.59 Å². The van der Waals surface area contributed by atoms with Gasteiger partial charge in [0.15, 0.2) is 5.78 Å². The van der Waals surface area contributed by atoms with Crippen molar-refractivity contribution < 1.29 is 9.59 Å². The highest BCUT2D eigenvalue weighted by Crippen LogP contribution is 2.11. The Morgan fingerprint density at radius 3 is 2.92 bits per heavy atom. The molecule has 0 bridgehead atoms. The lowest BCUT2D eigenvalue weighted by atomic mass is 9.98. The van der Waals surface area contributed by atoms with Crippen molar-refractivity contribution in [2.75, 3.05) is 6.54 Å². The Labute approximate surface area is 76.2 Å². The van der Waals surface area contributed by atoms with E-state index in [1.807, 2.05) is 0 Å². The maximum absolute atomic E-state index is 11.4. The second-order valence-corrected chi connectivity index (χ2v) is 2.93. The van der Waals surface area contributed by atoms with Crippen molar-refractivity contribution in [3.8, 4) is 12.3 Å². The van der Waals surface area contributed by atoms with E-state index in [1.165, 1.54) is 0 Å². The smallest absolute Gasteiger partial charge is 0.220 e. The molecule has 68 valence electrons. The lowest BCUT2D eigenvalue weighted by Crippen LogP contribution is -2.24. The van der Waals surface area contributed by atoms with Crippen molar-refractivity contribution in [3.05, 3.63) is 0 Å². The lowest BCUT2D eigenvalue weighted by Gasteiger charge is -2.04. The molecule has 1 heterocycles. The van der Waals surface area contributed by atoms with Gasteiger partial charge in [-0.05, 0) is 0 Å². The normalized spacial score (nSPS) is 20.5. The predicted octanol–water partition coefficient (Wildman–Crippen LogP) is -0.265. The number of carbonyl (C=O) groups excluding carboxylic acids is 2. The fourth-order valence-corrected chi connectivity index (χ4v) is 1.23. The van der Waals surface area contributed by atoms with E-state index in [-0.39, 0.29) is 36.2 Å². The molecule has 0 aliphatic carbocycles. The number of nitrogens with one attached hydrogen (secondary N) is 2. The minimum absolute atomic E-state index is 0.0452. The van der Waals surface area contributed by atoms with Crippen LogP contribution in [0.1, 0.15) is 12.8 Å². The van der Waals surface area contributed by atoms with Crippen LogP contribution in [0.25, 0.3) is 0 Å². The van der Waals surface area contributed by atoms with Gasteiger partial charge in [-0.3, -0.25) is 9.59 Å². The number of amides is 1. The molecule has 1 amide bonds. The first-order chi connectivity index (χ1) is 6.15. The fraction of sp³-hybridized carbons (Fsp3) is 0.444. The topological polar surface area (TPSA) is 70.0 Å². The third-order valence-corrected chi connectivity index (χ3v) is 1.92. The van der Waals surface area contributed by atoms with Gasteiger partial charge < -0.3 is 10.7 Å². The van der Waals surface area contributed by atoms with Crippen molar-refractivity contribution in [2.24, 2.45) is 5.92 Å². The van der Waals surface area contributed by atoms with Gasteiger partial charge in [0.25, 0.3) is 0 Å². The van der Waals surface area contributed by atoms with E-state index in [0.29, 0.717) is 6.54 Å². The van der Waals surface area contributed by atoms with Crippen LogP contribution in [0.2, 0.25) is 0 Å². The van der Waals surface area contributed by atoms with Crippen LogP contribution in [0.15, 0.2) is 0 Å². The Hall–Kier alpha value is -1.63. The highest BCUT2D eigenvalue weighted by Gasteiger charge is 2.29. The Morgan fingerprint density at radius 1 is 1.77 bits per heavy atom. The molecule has 1 fully saturated rings. The first-order valence-electron chi connectivity index (χ1n) is 3.97. The van der Waals surface area contributed by atoms with E-state index in [1.54, 1.807) is 0 Å². The van der Waals surface area contributed by atoms with E-state index in [0.717, 1.165) is 0 Å². The molecule has 4 heteroatoms. The molecule has 1 rings (SSSR count). The first-order valence-corrected chi connectivity index (χ1v) is 3.97. The molecule has 2 N–H and O–H groups in total. The standard InChI is InChI=1S/C9H10N2O2/c1-2-3-7(10)9(13)6-4-8(12)11-5-6/h1,6,10H,3-5H2,(H,11,12). The number of ketones is 1. The highest BCUT2D eigenvalue weighted by molar-refractivity contribution is 6.40. The number of carbonyl (C=O) groups is 2. The Kier molecular flexibility index (Phi) is 2.80. The zero-order valence-corrected chi connectivity index (χ0v) is 7.09. The van der Waals surface area contributed by atoms with Crippen molar-refractivity contribution >= 4 is 17.4 Å². The summed E-state index contributed by atoms with van der Waals surface area (Å²) in [5.41, 5.74) is -0.0796. The van der Waals surface area contributed by atoms with E-state index >= 15 is 0 Å². The largest absolute Gasteiger partial charge is 0.355 e. The summed E-state index contributed by atoms with van der Waals surface area (Å²) in [4.78, 5) is 22.1. The summed E-state index contributed by atoms with van der Waals surface area (Å²) in [6.07, 6.45) is 5.20. The molecular formula is C9H10N2O2. The Bertz CT molecular complexity index is 301. The number of terminal acetylenes is 1. The Morgan fingerprint density at radius 2 is 2.46 bits per heavy atom. The van der Waals surface area contributed by atoms with Crippen LogP contribution in [0, 0.1) is 23.7 Å². The molecule has 1 aliphatic rings. The molecule has 4 nitrogen and oxygen atoms in total. The third kappa shape index (κ3) is 2.15. The van der Waals surface area contributed by atoms with Gasteiger partial charge >= 0.3 is 0 Å². The van der Waals surface area contributed by atoms with Crippen molar-refractivity contribution in [3.63, 3.8) is 0 Å². The molecule has 13 heavy (non-hydrogen) atoms. The summed E-state index contributed by atoms with van der Waals surface area (Å²) in [5.74, 6) is 1.41. The minimum Gasteiger partial charge on any atom is -0.355 e. The summed E-state index contributed by atoms with van der Waals surface area (Å²) in [7, 11) is 0. The third-order valence-electron chi connectivity index (χ3n) is 1.92. The van der Waals surface area contributed by atoms with Crippen LogP contribution in [-0.4, -0.2) is 23.9 Å². The van der Waals surface area contributed by atoms with Gasteiger partial charge in [-0.2, -0.15) is 0 Å². The van der Waals surface area contributed by atoms with Crippen LogP contribution in [0.5, 0.6) is 0 Å². The first kappa shape index (κ1) is 9.46. The molecule has 1 unspecified atom stereocenters. The monoisotopic (exact) mass is 178 g/mol. The molecular weight excluding hydrogens is 168 g/mol. The minimum atomic E-state index is -0.381. The second kappa shape index (κ2) is 3.85. The van der Waals surface area contributed by atoms with Gasteiger partial charge in [0, 0.05) is 18.9 Å². The molecule has 0 spiro atoms. The molecule has 0 radical (unpaired) electrons. The maximum atomic E-state index is 11.4. The summed E-state index contributed by atoms with van der Waals surface area (Å²) >= 11 is 0. The van der Waals surface area contributed by atoms with Gasteiger partial charge in [0.1, 0.15) is 0 Å². The lowest BCUT2D eigenvalue weighted by molar-refractivity contribution is -0.121. The van der Waals surface area contributed by atoms with E-state index < -0.39 is 0 Å².